The van der Waals surface area contributed by atoms with E-state index >= 15 is 0 Å². The summed E-state index contributed by atoms with van der Waals surface area (Å²) in [6, 6.07) is 13.0. The van der Waals surface area contributed by atoms with E-state index in [1.54, 1.807) is 11.0 Å². The molecule has 0 radical (unpaired) electrons. The van der Waals surface area contributed by atoms with Crippen LogP contribution in [0, 0.1) is 0 Å². The number of benzene rings is 2. The lowest BCUT2D eigenvalue weighted by atomic mass is 10.1. The first-order chi connectivity index (χ1) is 16.3. The van der Waals surface area contributed by atoms with Gasteiger partial charge in [-0.3, -0.25) is 14.2 Å². The molecule has 0 N–H and O–H groups in total. The van der Waals surface area contributed by atoms with Crippen LogP contribution in [0.25, 0.3) is 20.3 Å². The van der Waals surface area contributed by atoms with E-state index < -0.39 is 11.7 Å². The minimum atomic E-state index is -4.39. The Hall–Kier alpha value is -3.40. The molecule has 1 amide bonds. The molecule has 176 valence electrons. The van der Waals surface area contributed by atoms with Gasteiger partial charge in [0.25, 0.3) is 5.56 Å². The molecular formula is C24H21F3N4O2S. The Morgan fingerprint density at radius 1 is 1.03 bits per heavy atom. The summed E-state index contributed by atoms with van der Waals surface area (Å²) in [6.07, 6.45) is -2.75. The zero-order valence-corrected chi connectivity index (χ0v) is 18.9. The Bertz CT molecular complexity index is 1420. The first-order valence-corrected chi connectivity index (χ1v) is 11.7. The summed E-state index contributed by atoms with van der Waals surface area (Å²) in [5.74, 6) is -0.0907. The van der Waals surface area contributed by atoms with Gasteiger partial charge in [-0.15, -0.1) is 11.3 Å². The Morgan fingerprint density at radius 3 is 2.56 bits per heavy atom. The predicted octanol–water partition coefficient (Wildman–Crippen LogP) is 4.37. The maximum Gasteiger partial charge on any atom is 0.416 e. The molecule has 0 unspecified atom stereocenters. The number of hydrogen-bond acceptors (Lipinski definition) is 5. The lowest BCUT2D eigenvalue weighted by Crippen LogP contribution is -2.49. The van der Waals surface area contributed by atoms with Crippen LogP contribution in [0.15, 0.2) is 59.7 Å². The molecule has 0 spiro atoms. The number of amides is 1. The molecule has 10 heteroatoms. The predicted molar refractivity (Wildman–Crippen MR) is 126 cm³/mol. The number of aryl methyl sites for hydroxylation is 1. The zero-order valence-electron chi connectivity index (χ0n) is 18.1. The van der Waals surface area contributed by atoms with Crippen molar-refractivity contribution in [2.24, 2.45) is 0 Å². The minimum absolute atomic E-state index is 0.0907. The summed E-state index contributed by atoms with van der Waals surface area (Å²) < 4.78 is 42.0. The summed E-state index contributed by atoms with van der Waals surface area (Å²) in [4.78, 5) is 33.6. The van der Waals surface area contributed by atoms with E-state index in [1.807, 2.05) is 29.2 Å². The van der Waals surface area contributed by atoms with Gasteiger partial charge in [0.2, 0.25) is 5.91 Å². The van der Waals surface area contributed by atoms with Gasteiger partial charge >= 0.3 is 6.18 Å². The summed E-state index contributed by atoms with van der Waals surface area (Å²) in [7, 11) is 0. The van der Waals surface area contributed by atoms with E-state index in [2.05, 4.69) is 4.98 Å². The fourth-order valence-electron chi connectivity index (χ4n) is 4.24. The van der Waals surface area contributed by atoms with Crippen LogP contribution in [0.1, 0.15) is 12.0 Å². The van der Waals surface area contributed by atoms with E-state index in [0.717, 1.165) is 22.2 Å². The molecular weight excluding hydrogens is 465 g/mol. The second-order valence-electron chi connectivity index (χ2n) is 8.18. The number of anilines is 1. The van der Waals surface area contributed by atoms with Crippen molar-refractivity contribution < 1.29 is 18.0 Å². The lowest BCUT2D eigenvalue weighted by molar-refractivity contribution is -0.137. The van der Waals surface area contributed by atoms with Crippen molar-refractivity contribution in [2.45, 2.75) is 19.1 Å². The van der Waals surface area contributed by atoms with Crippen molar-refractivity contribution in [1.29, 1.82) is 0 Å². The molecule has 6 nitrogen and oxygen atoms in total. The molecule has 2 aromatic heterocycles. The molecule has 0 bridgehead atoms. The smallest absolute Gasteiger partial charge is 0.368 e. The lowest BCUT2D eigenvalue weighted by Gasteiger charge is -2.36. The van der Waals surface area contributed by atoms with Crippen molar-refractivity contribution in [3.05, 3.63) is 70.8 Å². The average molecular weight is 487 g/mol. The standard InChI is InChI=1S/C24H21F3N4O2S/c25-24(26,27)16-4-3-5-17(14-16)29-10-12-30(13-11-29)20(32)8-9-31-15-28-21-18-6-1-2-7-19(18)34-22(21)23(31)33/h1-7,14-15H,8-13H2. The van der Waals surface area contributed by atoms with Gasteiger partial charge in [0, 0.05) is 54.9 Å². The molecule has 1 fully saturated rings. The first kappa shape index (κ1) is 22.4. The number of rotatable bonds is 4. The molecule has 3 heterocycles. The summed E-state index contributed by atoms with van der Waals surface area (Å²) >= 11 is 1.40. The number of aromatic nitrogens is 2. The maximum atomic E-state index is 13.0. The third-order valence-electron chi connectivity index (χ3n) is 6.09. The number of alkyl halides is 3. The highest BCUT2D eigenvalue weighted by Gasteiger charge is 2.31. The number of nitrogens with zero attached hydrogens (tertiary/aromatic N) is 4. The number of fused-ring (bicyclic) bond motifs is 3. The summed E-state index contributed by atoms with van der Waals surface area (Å²) in [6.45, 7) is 1.95. The highest BCUT2D eigenvalue weighted by Crippen LogP contribution is 2.32. The van der Waals surface area contributed by atoms with Crippen LogP contribution in [-0.2, 0) is 17.5 Å². The first-order valence-electron chi connectivity index (χ1n) is 10.9. The summed E-state index contributed by atoms with van der Waals surface area (Å²) in [5.41, 5.74) is 0.335. The number of carbonyl (C=O) groups is 1. The van der Waals surface area contributed by atoms with E-state index in [-0.39, 0.29) is 24.4 Å². The Kier molecular flexibility index (Phi) is 5.76. The highest BCUT2D eigenvalue weighted by atomic mass is 32.1. The molecule has 1 aliphatic heterocycles. The third kappa shape index (κ3) is 4.25. The van der Waals surface area contributed by atoms with Gasteiger partial charge in [-0.25, -0.2) is 4.98 Å². The van der Waals surface area contributed by atoms with Crippen LogP contribution in [0.4, 0.5) is 18.9 Å². The van der Waals surface area contributed by atoms with E-state index in [9.17, 15) is 22.8 Å². The molecule has 5 rings (SSSR count). The quantitative estimate of drug-likeness (QED) is 0.430. The van der Waals surface area contributed by atoms with Gasteiger partial charge in [0.05, 0.1) is 17.4 Å². The molecule has 0 saturated carbocycles. The fraction of sp³-hybridized carbons (Fsp3) is 0.292. The Morgan fingerprint density at radius 2 is 1.79 bits per heavy atom. The van der Waals surface area contributed by atoms with Gasteiger partial charge in [-0.2, -0.15) is 13.2 Å². The molecule has 4 aromatic rings. The van der Waals surface area contributed by atoms with Crippen molar-refractivity contribution in [3.63, 3.8) is 0 Å². The monoisotopic (exact) mass is 486 g/mol. The van der Waals surface area contributed by atoms with Crippen LogP contribution in [0.3, 0.4) is 0 Å². The van der Waals surface area contributed by atoms with Crippen LogP contribution in [0.2, 0.25) is 0 Å². The zero-order chi connectivity index (χ0) is 23.9. The van der Waals surface area contributed by atoms with Crippen molar-refractivity contribution in [3.8, 4) is 0 Å². The van der Waals surface area contributed by atoms with Gasteiger partial charge in [0.1, 0.15) is 4.70 Å². The summed E-state index contributed by atoms with van der Waals surface area (Å²) in [5, 5.41) is 0.946. The Balaban J connectivity index is 1.22. The molecule has 0 aliphatic carbocycles. The second-order valence-corrected chi connectivity index (χ2v) is 9.24. The van der Waals surface area contributed by atoms with Crippen LogP contribution in [-0.4, -0.2) is 46.5 Å². The van der Waals surface area contributed by atoms with E-state index in [4.69, 9.17) is 0 Å². The molecule has 1 aliphatic rings. The number of halogens is 3. The van der Waals surface area contributed by atoms with Crippen molar-refractivity contribution >= 4 is 43.2 Å². The van der Waals surface area contributed by atoms with E-state index in [0.29, 0.717) is 42.1 Å². The third-order valence-corrected chi connectivity index (χ3v) is 7.24. The molecule has 2 aromatic carbocycles. The topological polar surface area (TPSA) is 58.4 Å². The van der Waals surface area contributed by atoms with Gasteiger partial charge in [0.15, 0.2) is 0 Å². The van der Waals surface area contributed by atoms with Gasteiger partial charge in [-0.1, -0.05) is 24.3 Å². The van der Waals surface area contributed by atoms with Crippen molar-refractivity contribution in [2.75, 3.05) is 31.1 Å². The number of carbonyl (C=O) groups excluding carboxylic acids is 1. The number of piperazine rings is 1. The largest absolute Gasteiger partial charge is 0.416 e. The maximum absolute atomic E-state index is 13.0. The average Bonchev–Trinajstić information content (AvgIpc) is 3.23. The van der Waals surface area contributed by atoms with Crippen LogP contribution >= 0.6 is 11.3 Å². The van der Waals surface area contributed by atoms with Crippen LogP contribution in [0.5, 0.6) is 0 Å². The molecule has 1 saturated heterocycles. The van der Waals surface area contributed by atoms with Crippen molar-refractivity contribution in [1.82, 2.24) is 14.5 Å². The van der Waals surface area contributed by atoms with Gasteiger partial charge in [-0.05, 0) is 24.3 Å². The number of thiophene rings is 1. The Labute approximate surface area is 196 Å². The van der Waals surface area contributed by atoms with Crippen LogP contribution < -0.4 is 10.5 Å². The minimum Gasteiger partial charge on any atom is -0.368 e. The van der Waals surface area contributed by atoms with E-state index in [1.165, 1.54) is 28.3 Å². The number of hydrogen-bond donors (Lipinski definition) is 0. The fourth-order valence-corrected chi connectivity index (χ4v) is 5.35. The normalized spacial score (nSPS) is 14.8. The molecule has 34 heavy (non-hydrogen) atoms. The molecule has 0 atom stereocenters. The van der Waals surface area contributed by atoms with Gasteiger partial charge < -0.3 is 9.80 Å². The second kappa shape index (κ2) is 8.75. The highest BCUT2D eigenvalue weighted by molar-refractivity contribution is 7.25. The SMILES string of the molecule is O=C(CCn1cnc2c(sc3ccccc32)c1=O)N1CCN(c2cccc(C(F)(F)F)c2)CC1.